The van der Waals surface area contributed by atoms with E-state index < -0.39 is 5.97 Å². The average Bonchev–Trinajstić information content (AvgIpc) is 2.49. The van der Waals surface area contributed by atoms with Gasteiger partial charge in [-0.05, 0) is 0 Å². The first kappa shape index (κ1) is 13.9. The summed E-state index contributed by atoms with van der Waals surface area (Å²) in [4.78, 5) is 27.4. The van der Waals surface area contributed by atoms with Crippen LogP contribution in [0, 0.1) is 0 Å². The summed E-state index contributed by atoms with van der Waals surface area (Å²) in [6.45, 7) is 0. The van der Waals surface area contributed by atoms with Crippen LogP contribution in [0.2, 0.25) is 5.02 Å². The largest absolute Gasteiger partial charge is 0.467 e. The van der Waals surface area contributed by atoms with Crippen LogP contribution in [0.3, 0.4) is 0 Å². The number of nitrogen functional groups attached to an aromatic ring is 1. The zero-order chi connectivity index (χ0) is 14.7. The fourth-order valence-electron chi connectivity index (χ4n) is 1.36. The predicted octanol–water partition coefficient (Wildman–Crippen LogP) is 0.964. The minimum atomic E-state index is -0.709. The third-order valence-corrected chi connectivity index (χ3v) is 2.70. The van der Waals surface area contributed by atoms with Crippen molar-refractivity contribution in [2.45, 2.75) is 0 Å². The monoisotopic (exact) mass is 295 g/mol. The fraction of sp³-hybridized carbons (Fsp3) is 0.182. The van der Waals surface area contributed by atoms with E-state index >= 15 is 0 Å². The second-order valence-electron chi connectivity index (χ2n) is 3.55. The first-order valence-electron chi connectivity index (χ1n) is 5.34. The Morgan fingerprint density at radius 1 is 1.25 bits per heavy atom. The van der Waals surface area contributed by atoms with E-state index in [1.54, 1.807) is 0 Å². The Kier molecular flexibility index (Phi) is 3.94. The molecule has 0 aromatic carbocycles. The first-order valence-corrected chi connectivity index (χ1v) is 5.72. The first-order chi connectivity index (χ1) is 9.56. The smallest absolute Gasteiger partial charge is 0.358 e. The number of rotatable bonds is 3. The van der Waals surface area contributed by atoms with Gasteiger partial charge in [-0.15, -0.1) is 0 Å². The Balaban J connectivity index is 2.51. The molecule has 2 N–H and O–H groups in total. The van der Waals surface area contributed by atoms with Gasteiger partial charge in [0.05, 0.1) is 19.8 Å². The molecule has 0 amide bonds. The summed E-state index contributed by atoms with van der Waals surface area (Å²) in [5.74, 6) is -0.581. The van der Waals surface area contributed by atoms with Gasteiger partial charge in [0, 0.05) is 12.4 Å². The van der Waals surface area contributed by atoms with E-state index in [1.807, 2.05) is 0 Å². The lowest BCUT2D eigenvalue weighted by atomic mass is 10.3. The van der Waals surface area contributed by atoms with Crippen molar-refractivity contribution in [3.8, 4) is 17.4 Å². The van der Waals surface area contributed by atoms with Gasteiger partial charge >= 0.3 is 12.0 Å². The van der Waals surface area contributed by atoms with E-state index in [2.05, 4.69) is 24.7 Å². The molecule has 0 saturated carbocycles. The van der Waals surface area contributed by atoms with Crippen molar-refractivity contribution in [1.82, 2.24) is 19.9 Å². The van der Waals surface area contributed by atoms with E-state index in [4.69, 9.17) is 22.1 Å². The van der Waals surface area contributed by atoms with Crippen LogP contribution in [-0.4, -0.2) is 40.1 Å². The van der Waals surface area contributed by atoms with Gasteiger partial charge in [0.25, 0.3) is 0 Å². The molecule has 0 aliphatic rings. The Morgan fingerprint density at radius 3 is 2.45 bits per heavy atom. The van der Waals surface area contributed by atoms with Gasteiger partial charge in [0.15, 0.2) is 11.5 Å². The number of anilines is 1. The predicted molar refractivity (Wildman–Crippen MR) is 70.4 cm³/mol. The molecule has 0 radical (unpaired) electrons. The number of methoxy groups -OCH3 is 2. The van der Waals surface area contributed by atoms with E-state index in [9.17, 15) is 4.79 Å². The zero-order valence-electron chi connectivity index (χ0n) is 10.6. The van der Waals surface area contributed by atoms with Crippen LogP contribution >= 0.6 is 11.6 Å². The lowest BCUT2D eigenvalue weighted by molar-refractivity contribution is 0.0594. The number of ether oxygens (including phenoxy) is 2. The number of aromatic nitrogens is 4. The topological polar surface area (TPSA) is 113 Å². The van der Waals surface area contributed by atoms with Crippen LogP contribution in [0.25, 0.3) is 11.4 Å². The number of hydrogen-bond donors (Lipinski definition) is 1. The normalized spacial score (nSPS) is 10.2. The number of carbonyl (C=O) groups excluding carboxylic acids is 1. The van der Waals surface area contributed by atoms with Gasteiger partial charge in [-0.25, -0.2) is 24.7 Å². The highest BCUT2D eigenvalue weighted by Gasteiger charge is 2.19. The number of hydrogen-bond acceptors (Lipinski definition) is 8. The maximum atomic E-state index is 11.6. The number of esters is 1. The fourth-order valence-corrected chi connectivity index (χ4v) is 1.52. The summed E-state index contributed by atoms with van der Waals surface area (Å²) in [5.41, 5.74) is 5.99. The summed E-state index contributed by atoms with van der Waals surface area (Å²) < 4.78 is 9.42. The Morgan fingerprint density at radius 2 is 1.90 bits per heavy atom. The second-order valence-corrected chi connectivity index (χ2v) is 3.92. The van der Waals surface area contributed by atoms with Crippen molar-refractivity contribution in [2.24, 2.45) is 0 Å². The lowest BCUT2D eigenvalue weighted by Gasteiger charge is -2.07. The zero-order valence-corrected chi connectivity index (χ0v) is 11.4. The molecule has 0 spiro atoms. The molecule has 20 heavy (non-hydrogen) atoms. The van der Waals surface area contributed by atoms with Crippen LogP contribution in [-0.2, 0) is 4.74 Å². The van der Waals surface area contributed by atoms with Crippen LogP contribution in [0.5, 0.6) is 6.01 Å². The van der Waals surface area contributed by atoms with Crippen LogP contribution in [0.4, 0.5) is 5.82 Å². The van der Waals surface area contributed by atoms with Crippen molar-refractivity contribution >= 4 is 23.4 Å². The van der Waals surface area contributed by atoms with Crippen molar-refractivity contribution < 1.29 is 14.3 Å². The maximum Gasteiger partial charge on any atom is 0.358 e. The number of carbonyl (C=O) groups is 1. The molecule has 0 aliphatic heterocycles. The molecule has 0 unspecified atom stereocenters. The quantitative estimate of drug-likeness (QED) is 0.833. The van der Waals surface area contributed by atoms with E-state index in [-0.39, 0.29) is 28.4 Å². The molecule has 0 fully saturated rings. The second kappa shape index (κ2) is 5.66. The van der Waals surface area contributed by atoms with Gasteiger partial charge in [-0.2, -0.15) is 0 Å². The molecule has 2 aromatic heterocycles. The van der Waals surface area contributed by atoms with Gasteiger partial charge in [0.1, 0.15) is 10.8 Å². The Bertz CT molecular complexity index is 647. The van der Waals surface area contributed by atoms with E-state index in [0.29, 0.717) is 5.56 Å². The van der Waals surface area contributed by atoms with Crippen molar-refractivity contribution in [3.05, 3.63) is 23.1 Å². The van der Waals surface area contributed by atoms with Crippen LogP contribution in [0.1, 0.15) is 10.5 Å². The highest BCUT2D eigenvalue weighted by atomic mass is 35.5. The summed E-state index contributed by atoms with van der Waals surface area (Å²) >= 11 is 5.87. The third-order valence-electron chi connectivity index (χ3n) is 2.32. The van der Waals surface area contributed by atoms with Crippen LogP contribution in [0.15, 0.2) is 12.4 Å². The molecule has 0 aliphatic carbocycles. The Hall–Kier alpha value is -2.48. The third kappa shape index (κ3) is 2.59. The summed E-state index contributed by atoms with van der Waals surface area (Å²) in [5, 5.41) is -0.0602. The van der Waals surface area contributed by atoms with Crippen molar-refractivity contribution in [2.75, 3.05) is 20.0 Å². The molecule has 2 heterocycles. The lowest BCUT2D eigenvalue weighted by Crippen LogP contribution is -2.10. The molecule has 0 bridgehead atoms. The SMILES string of the molecule is COC(=O)c1nc(-c2cnc(OC)nc2)nc(N)c1Cl. The molecular formula is C11H10ClN5O3. The molecule has 104 valence electrons. The Labute approximate surface area is 118 Å². The summed E-state index contributed by atoms with van der Waals surface area (Å²) in [7, 11) is 2.66. The minimum absolute atomic E-state index is 0.0344. The molecule has 9 heteroatoms. The molecule has 2 aromatic rings. The highest BCUT2D eigenvalue weighted by molar-refractivity contribution is 6.35. The molecule has 2 rings (SSSR count). The average molecular weight is 296 g/mol. The van der Waals surface area contributed by atoms with E-state index in [1.165, 1.54) is 26.6 Å². The standard InChI is InChI=1S/C11H10ClN5O3/c1-19-10(18)7-6(12)8(13)17-9(16-7)5-3-14-11(20-2)15-4-5/h3-4H,1-2H3,(H2,13,16,17). The maximum absolute atomic E-state index is 11.6. The molecule has 0 atom stereocenters. The number of nitrogens with two attached hydrogens (primary N) is 1. The van der Waals surface area contributed by atoms with E-state index in [0.717, 1.165) is 0 Å². The van der Waals surface area contributed by atoms with Gasteiger partial charge in [-0.3, -0.25) is 0 Å². The van der Waals surface area contributed by atoms with Gasteiger partial charge in [-0.1, -0.05) is 11.6 Å². The number of halogens is 1. The number of nitrogens with zero attached hydrogens (tertiary/aromatic N) is 4. The van der Waals surface area contributed by atoms with Gasteiger partial charge < -0.3 is 15.2 Å². The van der Waals surface area contributed by atoms with Crippen LogP contribution < -0.4 is 10.5 Å². The minimum Gasteiger partial charge on any atom is -0.467 e. The molecular weight excluding hydrogens is 286 g/mol. The van der Waals surface area contributed by atoms with Crippen molar-refractivity contribution in [3.63, 3.8) is 0 Å². The summed E-state index contributed by atoms with van der Waals surface area (Å²) in [6.07, 6.45) is 2.88. The molecule has 0 saturated heterocycles. The van der Waals surface area contributed by atoms with Gasteiger partial charge in [0.2, 0.25) is 0 Å². The highest BCUT2D eigenvalue weighted by Crippen LogP contribution is 2.24. The molecule has 8 nitrogen and oxygen atoms in total. The summed E-state index contributed by atoms with van der Waals surface area (Å²) in [6, 6.07) is 0.198. The van der Waals surface area contributed by atoms with Crippen molar-refractivity contribution in [1.29, 1.82) is 0 Å².